The molecule has 0 radical (unpaired) electrons. The number of amides is 2. The van der Waals surface area contributed by atoms with Crippen molar-refractivity contribution in [3.8, 4) is 0 Å². The number of nitrogens with one attached hydrogen (secondary N) is 2. The van der Waals surface area contributed by atoms with Crippen molar-refractivity contribution in [3.05, 3.63) is 93.6 Å². The molecular formula is C23H16Cl2F3N5O2. The van der Waals surface area contributed by atoms with Crippen LogP contribution in [-0.4, -0.2) is 26.2 Å². The molecule has 35 heavy (non-hydrogen) atoms. The number of hydrogen-bond donors (Lipinski definition) is 2. The Balaban J connectivity index is 1.66. The predicted molar refractivity (Wildman–Crippen MR) is 124 cm³/mol. The lowest BCUT2D eigenvalue weighted by Crippen LogP contribution is -2.26. The Kier molecular flexibility index (Phi) is 6.95. The minimum atomic E-state index is -4.84. The molecule has 4 aromatic rings. The molecule has 0 bridgehead atoms. The summed E-state index contributed by atoms with van der Waals surface area (Å²) in [6, 6.07) is 12.4. The van der Waals surface area contributed by atoms with Crippen molar-refractivity contribution in [2.75, 3.05) is 5.32 Å². The van der Waals surface area contributed by atoms with E-state index in [4.69, 9.17) is 23.2 Å². The quantitative estimate of drug-likeness (QED) is 0.366. The molecule has 1 aromatic carbocycles. The van der Waals surface area contributed by atoms with Gasteiger partial charge in [-0.05, 0) is 36.4 Å². The van der Waals surface area contributed by atoms with E-state index in [2.05, 4.69) is 20.6 Å². The van der Waals surface area contributed by atoms with Crippen molar-refractivity contribution < 1.29 is 22.8 Å². The molecule has 0 aliphatic rings. The van der Waals surface area contributed by atoms with Crippen molar-refractivity contribution in [1.82, 2.24) is 19.7 Å². The molecular weight excluding hydrogens is 506 g/mol. The number of fused-ring (bicyclic) bond motifs is 1. The highest BCUT2D eigenvalue weighted by atomic mass is 35.5. The zero-order valence-electron chi connectivity index (χ0n) is 17.7. The zero-order chi connectivity index (χ0) is 25.2. The van der Waals surface area contributed by atoms with E-state index in [-0.39, 0.29) is 39.2 Å². The number of aromatic nitrogens is 3. The van der Waals surface area contributed by atoms with Gasteiger partial charge in [-0.25, -0.2) is 4.98 Å². The van der Waals surface area contributed by atoms with Crippen LogP contribution in [0.5, 0.6) is 0 Å². The number of nitrogens with zero attached hydrogens (tertiary/aromatic N) is 3. The van der Waals surface area contributed by atoms with Gasteiger partial charge in [0.25, 0.3) is 5.91 Å². The first-order chi connectivity index (χ1) is 16.6. The molecule has 0 fully saturated rings. The maximum Gasteiger partial charge on any atom is 0.435 e. The van der Waals surface area contributed by atoms with Gasteiger partial charge in [-0.15, -0.1) is 0 Å². The van der Waals surface area contributed by atoms with Crippen LogP contribution in [0.25, 0.3) is 5.65 Å². The van der Waals surface area contributed by atoms with Gasteiger partial charge in [0.15, 0.2) is 11.3 Å². The minimum absolute atomic E-state index is 0.0147. The largest absolute Gasteiger partial charge is 0.435 e. The summed E-state index contributed by atoms with van der Waals surface area (Å²) in [4.78, 5) is 33.0. The fraction of sp³-hybridized carbons (Fsp3) is 0.130. The van der Waals surface area contributed by atoms with Crippen LogP contribution in [-0.2, 0) is 23.9 Å². The Labute approximate surface area is 206 Å². The first kappa shape index (κ1) is 24.5. The van der Waals surface area contributed by atoms with E-state index in [1.165, 1.54) is 30.5 Å². The summed E-state index contributed by atoms with van der Waals surface area (Å²) in [5.41, 5.74) is -1.29. The molecule has 0 aliphatic heterocycles. The molecule has 12 heteroatoms. The van der Waals surface area contributed by atoms with E-state index in [1.807, 2.05) is 0 Å². The van der Waals surface area contributed by atoms with Gasteiger partial charge in [0.1, 0.15) is 0 Å². The summed E-state index contributed by atoms with van der Waals surface area (Å²) < 4.78 is 42.6. The second-order valence-electron chi connectivity index (χ2n) is 7.35. The topological polar surface area (TPSA) is 88.4 Å². The van der Waals surface area contributed by atoms with Crippen LogP contribution in [0, 0.1) is 0 Å². The van der Waals surface area contributed by atoms with Crippen molar-refractivity contribution in [2.45, 2.75) is 19.1 Å². The molecule has 2 N–H and O–H groups in total. The van der Waals surface area contributed by atoms with Crippen molar-refractivity contribution in [1.29, 1.82) is 0 Å². The van der Waals surface area contributed by atoms with Gasteiger partial charge < -0.3 is 15.0 Å². The van der Waals surface area contributed by atoms with E-state index in [0.717, 1.165) is 4.40 Å². The van der Waals surface area contributed by atoms with Gasteiger partial charge in [-0.1, -0.05) is 35.3 Å². The third-order valence-corrected chi connectivity index (χ3v) is 5.61. The first-order valence-corrected chi connectivity index (χ1v) is 10.9. The minimum Gasteiger partial charge on any atom is -0.350 e. The van der Waals surface area contributed by atoms with Crippen LogP contribution >= 0.6 is 23.2 Å². The van der Waals surface area contributed by atoms with Gasteiger partial charge in [-0.2, -0.15) is 13.2 Å². The molecule has 3 heterocycles. The van der Waals surface area contributed by atoms with Crippen molar-refractivity contribution in [2.24, 2.45) is 0 Å². The molecule has 0 unspecified atom stereocenters. The maximum absolute atomic E-state index is 13.8. The summed E-state index contributed by atoms with van der Waals surface area (Å²) in [5, 5.41) is 5.21. The van der Waals surface area contributed by atoms with Crippen LogP contribution < -0.4 is 10.6 Å². The molecule has 0 aliphatic carbocycles. The molecule has 180 valence electrons. The van der Waals surface area contributed by atoms with Crippen LogP contribution in [0.3, 0.4) is 0 Å². The Morgan fingerprint density at radius 2 is 1.74 bits per heavy atom. The van der Waals surface area contributed by atoms with E-state index in [0.29, 0.717) is 5.69 Å². The highest BCUT2D eigenvalue weighted by Crippen LogP contribution is 2.34. The average molecular weight is 522 g/mol. The molecule has 0 atom stereocenters. The molecule has 0 saturated heterocycles. The van der Waals surface area contributed by atoms with Gasteiger partial charge in [0.2, 0.25) is 5.91 Å². The second kappa shape index (κ2) is 9.93. The number of benzene rings is 1. The Morgan fingerprint density at radius 1 is 1.00 bits per heavy atom. The van der Waals surface area contributed by atoms with Crippen LogP contribution in [0.1, 0.15) is 27.4 Å². The third kappa shape index (κ3) is 5.39. The van der Waals surface area contributed by atoms with Crippen molar-refractivity contribution in [3.63, 3.8) is 0 Å². The summed E-state index contributed by atoms with van der Waals surface area (Å²) in [6.45, 7) is 0.0532. The molecule has 0 spiro atoms. The number of carbonyl (C=O) groups is 2. The Bertz CT molecular complexity index is 1390. The number of anilines is 1. The molecule has 7 nitrogen and oxygen atoms in total. The number of alkyl halides is 3. The SMILES string of the molecule is O=C(Cc1c(C(F)(F)F)nc2c(NC(=O)c3c(Cl)cccc3Cl)cccn12)NCc1ccccn1. The van der Waals surface area contributed by atoms with Gasteiger partial charge in [0, 0.05) is 12.4 Å². The number of rotatable bonds is 6. The smallest absolute Gasteiger partial charge is 0.350 e. The fourth-order valence-corrected chi connectivity index (χ4v) is 3.99. The Hall–Kier alpha value is -3.63. The molecule has 4 rings (SSSR count). The third-order valence-electron chi connectivity index (χ3n) is 4.98. The predicted octanol–water partition coefficient (Wildman–Crippen LogP) is 5.17. The maximum atomic E-state index is 13.8. The second-order valence-corrected chi connectivity index (χ2v) is 8.16. The molecule has 2 amide bonds. The molecule has 3 aromatic heterocycles. The standard InChI is InChI=1S/C23H16Cl2F3N5O2/c24-14-6-3-7-15(25)19(14)22(35)31-16-8-4-10-33-17(20(23(26,27)28)32-21(16)33)11-18(34)30-12-13-5-1-2-9-29-13/h1-10H,11-12H2,(H,30,34)(H,31,35). The number of carbonyl (C=O) groups excluding carboxylic acids is 2. The van der Waals surface area contributed by atoms with E-state index < -0.39 is 30.1 Å². The molecule has 0 saturated carbocycles. The summed E-state index contributed by atoms with van der Waals surface area (Å²) in [6.07, 6.45) is -2.57. The van der Waals surface area contributed by atoms with Gasteiger partial charge in [0.05, 0.1) is 45.6 Å². The fourth-order valence-electron chi connectivity index (χ4n) is 3.42. The van der Waals surface area contributed by atoms with E-state index >= 15 is 0 Å². The first-order valence-electron chi connectivity index (χ1n) is 10.1. The highest BCUT2D eigenvalue weighted by Gasteiger charge is 2.38. The van der Waals surface area contributed by atoms with Gasteiger partial charge in [-0.3, -0.25) is 14.6 Å². The Morgan fingerprint density at radius 3 is 2.40 bits per heavy atom. The number of halogens is 5. The zero-order valence-corrected chi connectivity index (χ0v) is 19.2. The normalized spacial score (nSPS) is 11.5. The van der Waals surface area contributed by atoms with Gasteiger partial charge >= 0.3 is 6.18 Å². The van der Waals surface area contributed by atoms with Crippen LogP contribution in [0.2, 0.25) is 10.0 Å². The van der Waals surface area contributed by atoms with Crippen LogP contribution in [0.4, 0.5) is 18.9 Å². The average Bonchev–Trinajstić information content (AvgIpc) is 3.18. The number of pyridine rings is 2. The summed E-state index contributed by atoms with van der Waals surface area (Å²) >= 11 is 12.1. The number of imidazole rings is 1. The lowest BCUT2D eigenvalue weighted by Gasteiger charge is -2.10. The van der Waals surface area contributed by atoms with E-state index in [9.17, 15) is 22.8 Å². The highest BCUT2D eigenvalue weighted by molar-refractivity contribution is 6.40. The number of hydrogen-bond acceptors (Lipinski definition) is 4. The lowest BCUT2D eigenvalue weighted by atomic mass is 10.2. The lowest BCUT2D eigenvalue weighted by molar-refractivity contribution is -0.141. The van der Waals surface area contributed by atoms with Crippen LogP contribution in [0.15, 0.2) is 60.9 Å². The summed E-state index contributed by atoms with van der Waals surface area (Å²) in [5.74, 6) is -1.37. The monoisotopic (exact) mass is 521 g/mol. The summed E-state index contributed by atoms with van der Waals surface area (Å²) in [7, 11) is 0. The van der Waals surface area contributed by atoms with E-state index in [1.54, 1.807) is 30.5 Å². The van der Waals surface area contributed by atoms with Crippen molar-refractivity contribution >= 4 is 46.4 Å².